The van der Waals surface area contributed by atoms with Crippen LogP contribution in [0.5, 0.6) is 0 Å². The number of aryl methyl sites for hydroxylation is 2. The van der Waals surface area contributed by atoms with Crippen LogP contribution in [0.1, 0.15) is 23.0 Å². The van der Waals surface area contributed by atoms with Crippen LogP contribution >= 0.6 is 0 Å². The Kier molecular flexibility index (Phi) is 2.79. The average molecular weight is 191 g/mol. The van der Waals surface area contributed by atoms with E-state index in [9.17, 15) is 0 Å². The lowest BCUT2D eigenvalue weighted by Gasteiger charge is -2.24. The van der Waals surface area contributed by atoms with E-state index in [0.29, 0.717) is 6.04 Å². The Labute approximate surface area is 84.9 Å². The molecule has 1 aliphatic rings. The molecule has 1 atom stereocenters. The van der Waals surface area contributed by atoms with E-state index in [1.54, 1.807) is 0 Å². The van der Waals surface area contributed by atoms with Gasteiger partial charge in [0.15, 0.2) is 0 Å². The van der Waals surface area contributed by atoms with Crippen LogP contribution < -0.4 is 10.6 Å². The van der Waals surface area contributed by atoms with Crippen LogP contribution in [0.4, 0.5) is 0 Å². The third kappa shape index (κ3) is 1.94. The molecule has 1 aromatic rings. The summed E-state index contributed by atoms with van der Waals surface area (Å²) in [5, 5.41) is 6.82. The van der Waals surface area contributed by atoms with Crippen molar-refractivity contribution in [2.24, 2.45) is 0 Å². The number of pyridine rings is 1. The highest BCUT2D eigenvalue weighted by atomic mass is 15.1. The summed E-state index contributed by atoms with van der Waals surface area (Å²) >= 11 is 0. The van der Waals surface area contributed by atoms with Crippen molar-refractivity contribution in [3.63, 3.8) is 0 Å². The first-order chi connectivity index (χ1) is 6.77. The molecule has 2 N–H and O–H groups in total. The minimum atomic E-state index is 0.378. The maximum Gasteiger partial charge on any atom is 0.0622 e. The molecule has 14 heavy (non-hydrogen) atoms. The van der Waals surface area contributed by atoms with E-state index >= 15 is 0 Å². The molecule has 0 aromatic carbocycles. The predicted molar refractivity (Wildman–Crippen MR) is 57.3 cm³/mol. The van der Waals surface area contributed by atoms with Crippen LogP contribution in [0.15, 0.2) is 12.1 Å². The van der Waals surface area contributed by atoms with Crippen molar-refractivity contribution >= 4 is 0 Å². The normalized spacial score (nSPS) is 22.3. The number of aromatic nitrogens is 1. The van der Waals surface area contributed by atoms with Gasteiger partial charge in [0.2, 0.25) is 0 Å². The van der Waals surface area contributed by atoms with Gasteiger partial charge in [-0.15, -0.1) is 0 Å². The second-order valence-electron chi connectivity index (χ2n) is 3.85. The zero-order valence-electron chi connectivity index (χ0n) is 8.80. The van der Waals surface area contributed by atoms with Crippen LogP contribution in [-0.4, -0.2) is 24.6 Å². The van der Waals surface area contributed by atoms with Gasteiger partial charge in [-0.25, -0.2) is 0 Å². The Morgan fingerprint density at radius 1 is 1.29 bits per heavy atom. The Hall–Kier alpha value is -0.930. The van der Waals surface area contributed by atoms with Crippen LogP contribution in [-0.2, 0) is 0 Å². The lowest BCUT2D eigenvalue weighted by Crippen LogP contribution is -2.43. The molecule has 1 aliphatic heterocycles. The zero-order valence-corrected chi connectivity index (χ0v) is 8.80. The van der Waals surface area contributed by atoms with Crippen LogP contribution in [0.3, 0.4) is 0 Å². The van der Waals surface area contributed by atoms with E-state index in [4.69, 9.17) is 0 Å². The molecule has 0 radical (unpaired) electrons. The molecule has 1 saturated heterocycles. The largest absolute Gasteiger partial charge is 0.314 e. The molecule has 2 rings (SSSR count). The van der Waals surface area contributed by atoms with Crippen molar-refractivity contribution in [2.45, 2.75) is 19.9 Å². The first-order valence-electron chi connectivity index (χ1n) is 5.15. The van der Waals surface area contributed by atoms with Crippen LogP contribution in [0.2, 0.25) is 0 Å². The van der Waals surface area contributed by atoms with Gasteiger partial charge in [-0.2, -0.15) is 0 Å². The van der Waals surface area contributed by atoms with Gasteiger partial charge in [-0.05, 0) is 25.5 Å². The number of piperazine rings is 1. The molecule has 1 aromatic heterocycles. The highest BCUT2D eigenvalue weighted by Gasteiger charge is 2.15. The summed E-state index contributed by atoms with van der Waals surface area (Å²) in [5.41, 5.74) is 3.55. The molecule has 0 amide bonds. The highest BCUT2D eigenvalue weighted by Crippen LogP contribution is 2.13. The first-order valence-corrected chi connectivity index (χ1v) is 5.15. The summed E-state index contributed by atoms with van der Waals surface area (Å²) in [6.07, 6.45) is 0. The lowest BCUT2D eigenvalue weighted by atomic mass is 10.1. The number of hydrogen-bond donors (Lipinski definition) is 2. The third-order valence-electron chi connectivity index (χ3n) is 2.77. The minimum Gasteiger partial charge on any atom is -0.314 e. The van der Waals surface area contributed by atoms with E-state index < -0.39 is 0 Å². The summed E-state index contributed by atoms with van der Waals surface area (Å²) in [7, 11) is 0. The quantitative estimate of drug-likeness (QED) is 0.693. The van der Waals surface area contributed by atoms with Gasteiger partial charge in [0.25, 0.3) is 0 Å². The summed E-state index contributed by atoms with van der Waals surface area (Å²) in [4.78, 5) is 4.59. The summed E-state index contributed by atoms with van der Waals surface area (Å²) in [6, 6.07) is 4.64. The van der Waals surface area contributed by atoms with Crippen molar-refractivity contribution in [1.29, 1.82) is 0 Å². The van der Waals surface area contributed by atoms with Gasteiger partial charge in [0, 0.05) is 25.3 Å². The van der Waals surface area contributed by atoms with E-state index in [2.05, 4.69) is 41.6 Å². The van der Waals surface area contributed by atoms with E-state index in [1.165, 1.54) is 5.56 Å². The molecule has 0 spiro atoms. The lowest BCUT2D eigenvalue weighted by molar-refractivity contribution is 0.422. The van der Waals surface area contributed by atoms with Gasteiger partial charge in [0.1, 0.15) is 0 Å². The highest BCUT2D eigenvalue weighted by molar-refractivity contribution is 5.22. The van der Waals surface area contributed by atoms with E-state index in [1.807, 2.05) is 0 Å². The van der Waals surface area contributed by atoms with Crippen molar-refractivity contribution in [3.05, 3.63) is 29.1 Å². The van der Waals surface area contributed by atoms with Crippen LogP contribution in [0.25, 0.3) is 0 Å². The van der Waals surface area contributed by atoms with Crippen molar-refractivity contribution in [3.8, 4) is 0 Å². The van der Waals surface area contributed by atoms with E-state index in [0.717, 1.165) is 31.0 Å². The van der Waals surface area contributed by atoms with Crippen molar-refractivity contribution in [2.75, 3.05) is 19.6 Å². The monoisotopic (exact) mass is 191 g/mol. The second-order valence-corrected chi connectivity index (χ2v) is 3.85. The molecule has 0 aliphatic carbocycles. The number of rotatable bonds is 1. The topological polar surface area (TPSA) is 37.0 Å². The van der Waals surface area contributed by atoms with Gasteiger partial charge >= 0.3 is 0 Å². The zero-order chi connectivity index (χ0) is 9.97. The average Bonchev–Trinajstić information content (AvgIpc) is 2.23. The Morgan fingerprint density at radius 2 is 2.14 bits per heavy atom. The molecular weight excluding hydrogens is 174 g/mol. The Balaban J connectivity index is 2.18. The fourth-order valence-electron chi connectivity index (χ4n) is 1.71. The van der Waals surface area contributed by atoms with Crippen molar-refractivity contribution < 1.29 is 0 Å². The standard InChI is InChI=1S/C11H17N3/c1-8-3-4-10(14-9(8)2)11-7-12-5-6-13-11/h3-4,11-13H,5-7H2,1-2H3. The SMILES string of the molecule is Cc1ccc(C2CNCCN2)nc1C. The smallest absolute Gasteiger partial charge is 0.0622 e. The summed E-state index contributed by atoms with van der Waals surface area (Å²) < 4.78 is 0. The molecule has 1 fully saturated rings. The predicted octanol–water partition coefficient (Wildman–Crippen LogP) is 0.932. The number of nitrogens with zero attached hydrogens (tertiary/aromatic N) is 1. The Morgan fingerprint density at radius 3 is 2.79 bits per heavy atom. The molecule has 1 unspecified atom stereocenters. The molecule has 3 heteroatoms. The van der Waals surface area contributed by atoms with E-state index in [-0.39, 0.29) is 0 Å². The molecule has 0 bridgehead atoms. The summed E-state index contributed by atoms with van der Waals surface area (Å²) in [5.74, 6) is 0. The third-order valence-corrected chi connectivity index (χ3v) is 2.77. The fourth-order valence-corrected chi connectivity index (χ4v) is 1.71. The maximum absolute atomic E-state index is 4.59. The van der Waals surface area contributed by atoms with Crippen molar-refractivity contribution in [1.82, 2.24) is 15.6 Å². The number of hydrogen-bond acceptors (Lipinski definition) is 3. The van der Waals surface area contributed by atoms with Gasteiger partial charge in [-0.1, -0.05) is 6.07 Å². The molecule has 2 heterocycles. The minimum absolute atomic E-state index is 0.378. The molecular formula is C11H17N3. The second kappa shape index (κ2) is 4.07. The molecule has 0 saturated carbocycles. The summed E-state index contributed by atoms with van der Waals surface area (Å²) in [6.45, 7) is 7.23. The van der Waals surface area contributed by atoms with Gasteiger partial charge < -0.3 is 10.6 Å². The van der Waals surface area contributed by atoms with Gasteiger partial charge in [-0.3, -0.25) is 4.98 Å². The first kappa shape index (κ1) is 9.62. The molecule has 3 nitrogen and oxygen atoms in total. The Bertz CT molecular complexity index is 316. The van der Waals surface area contributed by atoms with Crippen LogP contribution in [0, 0.1) is 13.8 Å². The number of nitrogens with one attached hydrogen (secondary N) is 2. The molecule has 76 valence electrons. The fraction of sp³-hybridized carbons (Fsp3) is 0.545. The van der Waals surface area contributed by atoms with Gasteiger partial charge in [0.05, 0.1) is 11.7 Å². The maximum atomic E-state index is 4.59.